The molecular formula is C7H7ClN2O2S. The van der Waals surface area contributed by atoms with Gasteiger partial charge in [-0.3, -0.25) is 10.8 Å². The number of sulfone groups is 1. The fraction of sp³-hybridized carbons (Fsp3) is 0.143. The summed E-state index contributed by atoms with van der Waals surface area (Å²) >= 11 is 5.53. The first-order valence-electron chi connectivity index (χ1n) is 3.30. The molecule has 0 saturated carbocycles. The van der Waals surface area contributed by atoms with Gasteiger partial charge in [-0.15, -0.1) is 0 Å². The van der Waals surface area contributed by atoms with Crippen molar-refractivity contribution in [3.8, 4) is 0 Å². The normalized spacial score (nSPS) is 18.3. The lowest BCUT2D eigenvalue weighted by atomic mass is 10.1. The molecule has 1 aliphatic carbocycles. The van der Waals surface area contributed by atoms with Crippen LogP contribution in [0.15, 0.2) is 22.1 Å². The zero-order valence-corrected chi connectivity index (χ0v) is 8.33. The van der Waals surface area contributed by atoms with E-state index >= 15 is 0 Å². The van der Waals surface area contributed by atoms with Gasteiger partial charge in [-0.2, -0.15) is 0 Å². The minimum absolute atomic E-state index is 0.0809. The van der Waals surface area contributed by atoms with Gasteiger partial charge in [0.1, 0.15) is 0 Å². The summed E-state index contributed by atoms with van der Waals surface area (Å²) in [6.45, 7) is 0. The van der Waals surface area contributed by atoms with Crippen LogP contribution in [0.3, 0.4) is 0 Å². The molecule has 70 valence electrons. The fourth-order valence-corrected chi connectivity index (χ4v) is 1.81. The number of hydrogen-bond donors (Lipinski definition) is 2. The third-order valence-corrected chi connectivity index (χ3v) is 2.97. The summed E-state index contributed by atoms with van der Waals surface area (Å²) in [4.78, 5) is -0.165. The van der Waals surface area contributed by atoms with Crippen LogP contribution >= 0.6 is 11.6 Å². The van der Waals surface area contributed by atoms with E-state index in [2.05, 4.69) is 0 Å². The lowest BCUT2D eigenvalue weighted by Crippen LogP contribution is -2.22. The number of rotatable bonds is 1. The Morgan fingerprint density at radius 1 is 1.23 bits per heavy atom. The summed E-state index contributed by atoms with van der Waals surface area (Å²) in [6.07, 6.45) is 3.53. The Hall–Kier alpha value is -0.940. The molecule has 0 unspecified atom stereocenters. The Kier molecular flexibility index (Phi) is 2.40. The van der Waals surface area contributed by atoms with Crippen molar-refractivity contribution in [1.29, 1.82) is 10.8 Å². The Labute approximate surface area is 80.8 Å². The van der Waals surface area contributed by atoms with E-state index in [0.717, 1.165) is 6.26 Å². The standard InChI is InChI=1S/C7H7ClN2O2S/c1-13(11,12)5-3-2-4(8)6(9)7(5)10/h2-3,9-10H,1H3. The van der Waals surface area contributed by atoms with E-state index < -0.39 is 9.84 Å². The highest BCUT2D eigenvalue weighted by atomic mass is 35.5. The van der Waals surface area contributed by atoms with Crippen molar-refractivity contribution in [3.05, 3.63) is 22.1 Å². The zero-order valence-electron chi connectivity index (χ0n) is 6.76. The van der Waals surface area contributed by atoms with Gasteiger partial charge in [-0.05, 0) is 12.2 Å². The number of nitrogens with one attached hydrogen (secondary N) is 2. The molecule has 0 atom stereocenters. The van der Waals surface area contributed by atoms with Crippen LogP contribution in [0.4, 0.5) is 0 Å². The van der Waals surface area contributed by atoms with E-state index in [-0.39, 0.29) is 21.4 Å². The Balaban J connectivity index is 3.32. The van der Waals surface area contributed by atoms with Gasteiger partial charge >= 0.3 is 0 Å². The quantitative estimate of drug-likeness (QED) is 0.646. The molecule has 0 aromatic rings. The first-order valence-corrected chi connectivity index (χ1v) is 5.56. The molecule has 0 bridgehead atoms. The molecule has 0 aromatic heterocycles. The Bertz CT molecular complexity index is 445. The highest BCUT2D eigenvalue weighted by Crippen LogP contribution is 2.18. The smallest absolute Gasteiger partial charge is 0.177 e. The SMILES string of the molecule is CS(=O)(=O)C1=CC=C(Cl)C(=N)C1=N. The number of allylic oxidation sites excluding steroid dienone is 4. The van der Waals surface area contributed by atoms with Gasteiger partial charge < -0.3 is 0 Å². The maximum absolute atomic E-state index is 11.1. The van der Waals surface area contributed by atoms with E-state index in [1.807, 2.05) is 0 Å². The molecule has 0 radical (unpaired) electrons. The molecule has 0 heterocycles. The topological polar surface area (TPSA) is 81.8 Å². The second-order valence-electron chi connectivity index (χ2n) is 2.57. The van der Waals surface area contributed by atoms with Gasteiger partial charge in [0.25, 0.3) is 0 Å². The van der Waals surface area contributed by atoms with Crippen molar-refractivity contribution in [3.63, 3.8) is 0 Å². The van der Waals surface area contributed by atoms with Gasteiger partial charge in [0.05, 0.1) is 21.4 Å². The van der Waals surface area contributed by atoms with Gasteiger partial charge in [-0.25, -0.2) is 8.42 Å². The van der Waals surface area contributed by atoms with Crippen LogP contribution in [0, 0.1) is 10.8 Å². The first kappa shape index (κ1) is 10.1. The molecule has 4 nitrogen and oxygen atoms in total. The average molecular weight is 219 g/mol. The molecule has 2 N–H and O–H groups in total. The summed E-state index contributed by atoms with van der Waals surface area (Å²) < 4.78 is 22.1. The van der Waals surface area contributed by atoms with Crippen LogP contribution in [0.1, 0.15) is 0 Å². The highest BCUT2D eigenvalue weighted by Gasteiger charge is 2.24. The fourth-order valence-electron chi connectivity index (χ4n) is 0.867. The summed E-state index contributed by atoms with van der Waals surface area (Å²) in [5.74, 6) is 0. The van der Waals surface area contributed by atoms with Gasteiger partial charge in [0.2, 0.25) is 0 Å². The maximum Gasteiger partial charge on any atom is 0.177 e. The van der Waals surface area contributed by atoms with Crippen molar-refractivity contribution < 1.29 is 8.42 Å². The zero-order chi connectivity index (χ0) is 10.2. The largest absolute Gasteiger partial charge is 0.297 e. The predicted molar refractivity (Wildman–Crippen MR) is 52.3 cm³/mol. The van der Waals surface area contributed by atoms with Crippen LogP contribution in [-0.2, 0) is 9.84 Å². The third-order valence-electron chi connectivity index (χ3n) is 1.52. The molecule has 1 rings (SSSR count). The molecule has 1 aliphatic rings. The molecule has 0 amide bonds. The monoisotopic (exact) mass is 218 g/mol. The van der Waals surface area contributed by atoms with Crippen molar-refractivity contribution in [2.45, 2.75) is 0 Å². The molecule has 0 aromatic carbocycles. The minimum Gasteiger partial charge on any atom is -0.297 e. The van der Waals surface area contributed by atoms with Gasteiger partial charge in [0, 0.05) is 6.26 Å². The molecule has 13 heavy (non-hydrogen) atoms. The van der Waals surface area contributed by atoms with E-state index in [0.29, 0.717) is 0 Å². The molecule has 0 fully saturated rings. The highest BCUT2D eigenvalue weighted by molar-refractivity contribution is 7.95. The lowest BCUT2D eigenvalue weighted by Gasteiger charge is -2.11. The molecular weight excluding hydrogens is 212 g/mol. The summed E-state index contributed by atoms with van der Waals surface area (Å²) in [5, 5.41) is 14.7. The van der Waals surface area contributed by atoms with Crippen LogP contribution in [0.5, 0.6) is 0 Å². The minimum atomic E-state index is -3.44. The van der Waals surface area contributed by atoms with Crippen molar-refractivity contribution in [1.82, 2.24) is 0 Å². The molecule has 0 aliphatic heterocycles. The Morgan fingerprint density at radius 2 is 1.77 bits per heavy atom. The van der Waals surface area contributed by atoms with Crippen molar-refractivity contribution in [2.75, 3.05) is 6.26 Å². The van der Waals surface area contributed by atoms with Gasteiger partial charge in [0.15, 0.2) is 9.84 Å². The maximum atomic E-state index is 11.1. The molecule has 6 heteroatoms. The molecule has 0 spiro atoms. The number of hydrogen-bond acceptors (Lipinski definition) is 4. The first-order chi connectivity index (χ1) is 5.84. The van der Waals surface area contributed by atoms with E-state index in [1.165, 1.54) is 12.2 Å². The van der Waals surface area contributed by atoms with Crippen LogP contribution in [0.25, 0.3) is 0 Å². The van der Waals surface area contributed by atoms with E-state index in [9.17, 15) is 8.42 Å². The lowest BCUT2D eigenvalue weighted by molar-refractivity contribution is 0.609. The van der Waals surface area contributed by atoms with Crippen LogP contribution in [-0.4, -0.2) is 26.1 Å². The van der Waals surface area contributed by atoms with Crippen LogP contribution in [0.2, 0.25) is 0 Å². The van der Waals surface area contributed by atoms with Crippen molar-refractivity contribution >= 4 is 32.9 Å². The van der Waals surface area contributed by atoms with E-state index in [1.54, 1.807) is 0 Å². The predicted octanol–water partition coefficient (Wildman–Crippen LogP) is 1.09. The second kappa shape index (κ2) is 3.08. The van der Waals surface area contributed by atoms with E-state index in [4.69, 9.17) is 22.4 Å². The van der Waals surface area contributed by atoms with Crippen LogP contribution < -0.4 is 0 Å². The summed E-state index contributed by atoms with van der Waals surface area (Å²) in [7, 11) is -3.44. The molecule has 0 saturated heterocycles. The van der Waals surface area contributed by atoms with Gasteiger partial charge in [-0.1, -0.05) is 11.6 Å². The summed E-state index contributed by atoms with van der Waals surface area (Å²) in [6, 6.07) is 0. The average Bonchev–Trinajstić information content (AvgIpc) is 1.98. The number of halogens is 1. The second-order valence-corrected chi connectivity index (χ2v) is 4.96. The third kappa shape index (κ3) is 1.87. The van der Waals surface area contributed by atoms with Crippen molar-refractivity contribution in [2.24, 2.45) is 0 Å². The summed E-state index contributed by atoms with van der Waals surface area (Å²) in [5.41, 5.74) is -0.611. The Morgan fingerprint density at radius 3 is 2.23 bits per heavy atom.